The summed E-state index contributed by atoms with van der Waals surface area (Å²) >= 11 is 0. The van der Waals surface area contributed by atoms with Crippen LogP contribution in [0.25, 0.3) is 0 Å². The molecular weight excluding hydrogens is 208 g/mol. The molecule has 1 aromatic heterocycles. The van der Waals surface area contributed by atoms with Gasteiger partial charge in [-0.2, -0.15) is 0 Å². The van der Waals surface area contributed by atoms with Crippen molar-refractivity contribution in [3.63, 3.8) is 0 Å². The Hall–Kier alpha value is -1.82. The molecule has 6 nitrogen and oxygen atoms in total. The fourth-order valence-electron chi connectivity index (χ4n) is 1.10. The second-order valence-electron chi connectivity index (χ2n) is 3.18. The third-order valence-electron chi connectivity index (χ3n) is 1.84. The number of nitrogen functional groups attached to an aromatic ring is 1. The number of carbonyl (C=O) groups excluding carboxylic acids is 1. The van der Waals surface area contributed by atoms with Crippen LogP contribution in [-0.2, 0) is 9.53 Å². The Bertz CT molecular complexity index is 326. The first kappa shape index (κ1) is 12.3. The number of amides is 1. The predicted octanol–water partition coefficient (Wildman–Crippen LogP) is -0.162. The number of pyridine rings is 1. The summed E-state index contributed by atoms with van der Waals surface area (Å²) in [5.41, 5.74) is 6.32. The summed E-state index contributed by atoms with van der Waals surface area (Å²) in [6.07, 6.45) is 1.65. The number of ether oxygens (including phenoxy) is 1. The number of aromatic nitrogens is 1. The van der Waals surface area contributed by atoms with Gasteiger partial charge in [-0.25, -0.2) is 4.98 Å². The van der Waals surface area contributed by atoms with Crippen molar-refractivity contribution in [2.75, 3.05) is 37.9 Å². The van der Waals surface area contributed by atoms with Crippen LogP contribution in [0.1, 0.15) is 0 Å². The Morgan fingerprint density at radius 2 is 2.31 bits per heavy atom. The maximum absolute atomic E-state index is 11.0. The molecule has 1 rings (SSSR count). The number of nitrogens with two attached hydrogens (primary N) is 1. The van der Waals surface area contributed by atoms with Gasteiger partial charge in [-0.3, -0.25) is 4.79 Å². The largest absolute Gasteiger partial charge is 0.384 e. The van der Waals surface area contributed by atoms with Crippen molar-refractivity contribution in [2.24, 2.45) is 0 Å². The highest BCUT2D eigenvalue weighted by Crippen LogP contribution is 2.05. The standard InChI is InChI=1S/C10H16N4O2/c1-16-7-10(15)13-5-4-12-8-2-3-9(11)14-6-8/h2-3,6,12H,4-5,7H2,1H3,(H2,11,14)(H,13,15). The molecule has 0 bridgehead atoms. The van der Waals surface area contributed by atoms with Crippen molar-refractivity contribution in [1.82, 2.24) is 10.3 Å². The zero-order chi connectivity index (χ0) is 11.8. The molecule has 0 saturated heterocycles. The Morgan fingerprint density at radius 3 is 2.94 bits per heavy atom. The molecule has 6 heteroatoms. The average Bonchev–Trinajstić information content (AvgIpc) is 2.27. The van der Waals surface area contributed by atoms with E-state index in [1.165, 1.54) is 7.11 Å². The van der Waals surface area contributed by atoms with E-state index < -0.39 is 0 Å². The van der Waals surface area contributed by atoms with E-state index in [0.717, 1.165) is 5.69 Å². The van der Waals surface area contributed by atoms with Gasteiger partial charge < -0.3 is 21.1 Å². The minimum absolute atomic E-state index is 0.0867. The van der Waals surface area contributed by atoms with Gasteiger partial charge >= 0.3 is 0 Å². The zero-order valence-corrected chi connectivity index (χ0v) is 9.19. The van der Waals surface area contributed by atoms with E-state index in [4.69, 9.17) is 5.73 Å². The highest BCUT2D eigenvalue weighted by atomic mass is 16.5. The van der Waals surface area contributed by atoms with Crippen LogP contribution in [0.4, 0.5) is 11.5 Å². The molecule has 0 aromatic carbocycles. The fourth-order valence-corrected chi connectivity index (χ4v) is 1.10. The van der Waals surface area contributed by atoms with Gasteiger partial charge in [0, 0.05) is 20.2 Å². The summed E-state index contributed by atoms with van der Waals surface area (Å²) in [6.45, 7) is 1.25. The number of carbonyl (C=O) groups is 1. The molecule has 0 spiro atoms. The van der Waals surface area contributed by atoms with Crippen molar-refractivity contribution in [1.29, 1.82) is 0 Å². The van der Waals surface area contributed by atoms with Gasteiger partial charge in [0.1, 0.15) is 12.4 Å². The van der Waals surface area contributed by atoms with Crippen molar-refractivity contribution in [2.45, 2.75) is 0 Å². The molecular formula is C10H16N4O2. The second kappa shape index (κ2) is 6.62. The van der Waals surface area contributed by atoms with Crippen LogP contribution in [-0.4, -0.2) is 37.7 Å². The fraction of sp³-hybridized carbons (Fsp3) is 0.400. The van der Waals surface area contributed by atoms with E-state index in [2.05, 4.69) is 20.4 Å². The second-order valence-corrected chi connectivity index (χ2v) is 3.18. The predicted molar refractivity (Wildman–Crippen MR) is 62.0 cm³/mol. The molecule has 0 aliphatic rings. The molecule has 16 heavy (non-hydrogen) atoms. The van der Waals surface area contributed by atoms with Crippen LogP contribution >= 0.6 is 0 Å². The van der Waals surface area contributed by atoms with Crippen LogP contribution in [0, 0.1) is 0 Å². The van der Waals surface area contributed by atoms with Gasteiger partial charge in [-0.05, 0) is 12.1 Å². The van der Waals surface area contributed by atoms with Gasteiger partial charge in [-0.1, -0.05) is 0 Å². The quantitative estimate of drug-likeness (QED) is 0.584. The number of methoxy groups -OCH3 is 1. The molecule has 0 saturated carbocycles. The van der Waals surface area contributed by atoms with E-state index in [0.29, 0.717) is 18.9 Å². The van der Waals surface area contributed by atoms with E-state index in [-0.39, 0.29) is 12.5 Å². The smallest absolute Gasteiger partial charge is 0.246 e. The van der Waals surface area contributed by atoms with Crippen LogP contribution in [0.2, 0.25) is 0 Å². The Labute approximate surface area is 94.2 Å². The molecule has 0 atom stereocenters. The van der Waals surface area contributed by atoms with Gasteiger partial charge in [0.05, 0.1) is 11.9 Å². The molecule has 4 N–H and O–H groups in total. The lowest BCUT2D eigenvalue weighted by Gasteiger charge is -2.07. The van der Waals surface area contributed by atoms with Crippen molar-refractivity contribution in [3.05, 3.63) is 18.3 Å². The molecule has 88 valence electrons. The first-order valence-electron chi connectivity index (χ1n) is 4.93. The Morgan fingerprint density at radius 1 is 1.50 bits per heavy atom. The lowest BCUT2D eigenvalue weighted by atomic mass is 10.4. The third kappa shape index (κ3) is 4.61. The summed E-state index contributed by atoms with van der Waals surface area (Å²) in [7, 11) is 1.48. The van der Waals surface area contributed by atoms with E-state index >= 15 is 0 Å². The first-order chi connectivity index (χ1) is 7.72. The summed E-state index contributed by atoms with van der Waals surface area (Å²) in [6, 6.07) is 3.55. The van der Waals surface area contributed by atoms with Gasteiger partial charge in [0.15, 0.2) is 0 Å². The number of rotatable bonds is 6. The highest BCUT2D eigenvalue weighted by Gasteiger charge is 1.98. The van der Waals surface area contributed by atoms with Crippen molar-refractivity contribution >= 4 is 17.4 Å². The average molecular weight is 224 g/mol. The zero-order valence-electron chi connectivity index (χ0n) is 9.19. The van der Waals surface area contributed by atoms with Crippen LogP contribution in [0.5, 0.6) is 0 Å². The van der Waals surface area contributed by atoms with Gasteiger partial charge in [-0.15, -0.1) is 0 Å². The first-order valence-corrected chi connectivity index (χ1v) is 4.93. The highest BCUT2D eigenvalue weighted by molar-refractivity contribution is 5.77. The lowest BCUT2D eigenvalue weighted by Crippen LogP contribution is -2.31. The number of hydrogen-bond donors (Lipinski definition) is 3. The maximum Gasteiger partial charge on any atom is 0.246 e. The third-order valence-corrected chi connectivity index (χ3v) is 1.84. The number of hydrogen-bond acceptors (Lipinski definition) is 5. The summed E-state index contributed by atoms with van der Waals surface area (Å²) in [5.74, 6) is 0.360. The van der Waals surface area contributed by atoms with Gasteiger partial charge in [0.25, 0.3) is 0 Å². The normalized spacial score (nSPS) is 9.81. The summed E-state index contributed by atoms with van der Waals surface area (Å²) in [5, 5.41) is 5.79. The molecule has 0 aliphatic carbocycles. The maximum atomic E-state index is 11.0. The molecule has 0 unspecified atom stereocenters. The lowest BCUT2D eigenvalue weighted by molar-refractivity contribution is -0.124. The summed E-state index contributed by atoms with van der Waals surface area (Å²) in [4.78, 5) is 14.9. The molecule has 1 heterocycles. The topological polar surface area (TPSA) is 89.3 Å². The minimum atomic E-state index is -0.125. The monoisotopic (exact) mass is 224 g/mol. The molecule has 0 radical (unpaired) electrons. The number of nitrogens with one attached hydrogen (secondary N) is 2. The Kier molecular flexibility index (Phi) is 5.07. The SMILES string of the molecule is COCC(=O)NCCNc1ccc(N)nc1. The number of nitrogens with zero attached hydrogens (tertiary/aromatic N) is 1. The van der Waals surface area contributed by atoms with Crippen molar-refractivity contribution in [3.8, 4) is 0 Å². The molecule has 1 aromatic rings. The molecule has 0 fully saturated rings. The van der Waals surface area contributed by atoms with Crippen LogP contribution in [0.3, 0.4) is 0 Å². The van der Waals surface area contributed by atoms with Gasteiger partial charge in [0.2, 0.25) is 5.91 Å². The summed E-state index contributed by atoms with van der Waals surface area (Å²) < 4.78 is 4.68. The van der Waals surface area contributed by atoms with Crippen molar-refractivity contribution < 1.29 is 9.53 Å². The molecule has 1 amide bonds. The van der Waals surface area contributed by atoms with Crippen LogP contribution < -0.4 is 16.4 Å². The van der Waals surface area contributed by atoms with Crippen LogP contribution in [0.15, 0.2) is 18.3 Å². The minimum Gasteiger partial charge on any atom is -0.384 e. The van der Waals surface area contributed by atoms with E-state index in [9.17, 15) is 4.79 Å². The van der Waals surface area contributed by atoms with E-state index in [1.54, 1.807) is 12.3 Å². The Balaban J connectivity index is 2.16. The van der Waals surface area contributed by atoms with E-state index in [1.807, 2.05) is 6.07 Å². The number of anilines is 2. The molecule has 0 aliphatic heterocycles.